The molecule has 0 N–H and O–H groups in total. The fourth-order valence-electron chi connectivity index (χ4n) is 1.95. The van der Waals surface area contributed by atoms with Crippen LogP contribution in [0.2, 0.25) is 0 Å². The number of aryl methyl sites for hydroxylation is 1. The quantitative estimate of drug-likeness (QED) is 0.649. The van der Waals surface area contributed by atoms with Crippen LogP contribution in [0.25, 0.3) is 22.8 Å². The second-order valence-corrected chi connectivity index (χ2v) is 4.31. The Morgan fingerprint density at radius 2 is 1.70 bits per heavy atom. The van der Waals surface area contributed by atoms with Crippen molar-refractivity contribution in [3.05, 3.63) is 61.1 Å². The maximum Gasteiger partial charge on any atom is 0.227 e. The summed E-state index contributed by atoms with van der Waals surface area (Å²) in [5, 5.41) is 0. The number of hydrogen-bond acceptors (Lipinski definition) is 2. The third kappa shape index (κ3) is 2.89. The van der Waals surface area contributed by atoms with Gasteiger partial charge in [-0.05, 0) is 6.92 Å². The lowest BCUT2D eigenvalue weighted by Crippen LogP contribution is -3.00. The molecule has 0 aliphatic heterocycles. The largest absolute Gasteiger partial charge is 1.00 e. The number of pyridine rings is 1. The van der Waals surface area contributed by atoms with Gasteiger partial charge >= 0.3 is 0 Å². The number of aromatic nitrogens is 2. The molecule has 20 heavy (non-hydrogen) atoms. The highest BCUT2D eigenvalue weighted by molar-refractivity contribution is 5.60. The molecule has 2 heterocycles. The van der Waals surface area contributed by atoms with Crippen LogP contribution in [0.3, 0.4) is 0 Å². The molecule has 0 radical (unpaired) electrons. The summed E-state index contributed by atoms with van der Waals surface area (Å²) in [6, 6.07) is 14.0. The highest BCUT2D eigenvalue weighted by Gasteiger charge is 2.09. The first-order valence-corrected chi connectivity index (χ1v) is 6.37. The van der Waals surface area contributed by atoms with Gasteiger partial charge in [-0.15, -0.1) is 0 Å². The van der Waals surface area contributed by atoms with Crippen LogP contribution in [0.5, 0.6) is 0 Å². The van der Waals surface area contributed by atoms with E-state index in [1.807, 2.05) is 54.9 Å². The Kier molecular flexibility index (Phi) is 4.53. The van der Waals surface area contributed by atoms with Crippen LogP contribution in [0.15, 0.2) is 65.5 Å². The van der Waals surface area contributed by atoms with E-state index in [0.29, 0.717) is 5.89 Å². The minimum atomic E-state index is 0. The van der Waals surface area contributed by atoms with Crippen molar-refractivity contribution in [2.45, 2.75) is 13.5 Å². The van der Waals surface area contributed by atoms with Gasteiger partial charge in [0.25, 0.3) is 0 Å². The molecule has 2 aromatic heterocycles. The molecule has 0 aliphatic carbocycles. The number of nitrogens with zero attached hydrogens (tertiary/aromatic N) is 2. The van der Waals surface area contributed by atoms with E-state index < -0.39 is 0 Å². The molecule has 0 spiro atoms. The standard InChI is InChI=1S/C16H15N2O.ClH/c1-2-18-10-8-14(9-11-18)16-17-12-15(19-16)13-6-4-3-5-7-13;/h3-12H,2H2,1H3;1H/q+1;/p-1. The van der Waals surface area contributed by atoms with E-state index in [9.17, 15) is 0 Å². The van der Waals surface area contributed by atoms with Gasteiger partial charge in [0.05, 0.1) is 6.20 Å². The molecule has 0 saturated heterocycles. The number of benzene rings is 1. The van der Waals surface area contributed by atoms with Crippen molar-refractivity contribution in [1.82, 2.24) is 4.98 Å². The van der Waals surface area contributed by atoms with Crippen molar-refractivity contribution in [2.24, 2.45) is 0 Å². The number of rotatable bonds is 3. The van der Waals surface area contributed by atoms with Crippen LogP contribution in [-0.2, 0) is 6.54 Å². The van der Waals surface area contributed by atoms with Crippen LogP contribution in [-0.4, -0.2) is 4.98 Å². The maximum atomic E-state index is 5.81. The Bertz CT molecular complexity index is 662. The Morgan fingerprint density at radius 3 is 2.35 bits per heavy atom. The lowest BCUT2D eigenvalue weighted by Gasteiger charge is -1.96. The third-order valence-electron chi connectivity index (χ3n) is 3.07. The molecule has 0 atom stereocenters. The van der Waals surface area contributed by atoms with Gasteiger partial charge in [-0.1, -0.05) is 30.3 Å². The van der Waals surface area contributed by atoms with Gasteiger partial charge in [0, 0.05) is 23.3 Å². The normalized spacial score (nSPS) is 10.1. The molecule has 4 heteroatoms. The average Bonchev–Trinajstić information content (AvgIpc) is 2.98. The SMILES string of the molecule is CC[n+]1ccc(-c2ncc(-c3ccccc3)o2)cc1.[Cl-]. The van der Waals surface area contributed by atoms with Crippen LogP contribution in [0, 0.1) is 0 Å². The summed E-state index contributed by atoms with van der Waals surface area (Å²) in [4.78, 5) is 4.34. The van der Waals surface area contributed by atoms with E-state index in [1.165, 1.54) is 0 Å². The predicted molar refractivity (Wildman–Crippen MR) is 73.2 cm³/mol. The summed E-state index contributed by atoms with van der Waals surface area (Å²) >= 11 is 0. The van der Waals surface area contributed by atoms with Gasteiger partial charge in [0.15, 0.2) is 18.2 Å². The van der Waals surface area contributed by atoms with E-state index in [2.05, 4.69) is 16.5 Å². The molecule has 0 amide bonds. The molecule has 0 unspecified atom stereocenters. The van der Waals surface area contributed by atoms with Crippen molar-refractivity contribution < 1.29 is 21.4 Å². The predicted octanol–water partition coefficient (Wildman–Crippen LogP) is 0.320. The topological polar surface area (TPSA) is 29.9 Å². The molecule has 0 bridgehead atoms. The minimum Gasteiger partial charge on any atom is -1.00 e. The van der Waals surface area contributed by atoms with Gasteiger partial charge < -0.3 is 16.8 Å². The van der Waals surface area contributed by atoms with Gasteiger partial charge in [-0.2, -0.15) is 0 Å². The Labute approximate surface area is 124 Å². The number of hydrogen-bond donors (Lipinski definition) is 0. The molecule has 0 saturated carbocycles. The van der Waals surface area contributed by atoms with E-state index in [0.717, 1.165) is 23.4 Å². The van der Waals surface area contributed by atoms with E-state index in [4.69, 9.17) is 4.42 Å². The summed E-state index contributed by atoms with van der Waals surface area (Å²) in [5.41, 5.74) is 2.03. The summed E-state index contributed by atoms with van der Waals surface area (Å²) in [6.45, 7) is 3.07. The first kappa shape index (κ1) is 14.3. The van der Waals surface area contributed by atoms with Crippen LogP contribution in [0.4, 0.5) is 0 Å². The fourth-order valence-corrected chi connectivity index (χ4v) is 1.95. The molecular weight excluding hydrogens is 272 g/mol. The molecule has 1 aromatic carbocycles. The molecule has 3 nitrogen and oxygen atoms in total. The van der Waals surface area contributed by atoms with Gasteiger partial charge in [0.2, 0.25) is 5.89 Å². The zero-order valence-electron chi connectivity index (χ0n) is 11.2. The van der Waals surface area contributed by atoms with E-state index in [1.54, 1.807) is 6.20 Å². The molecule has 3 aromatic rings. The Morgan fingerprint density at radius 1 is 1.00 bits per heavy atom. The molecule has 0 aliphatic rings. The summed E-state index contributed by atoms with van der Waals surface area (Å²) < 4.78 is 7.91. The van der Waals surface area contributed by atoms with Crippen LogP contribution in [0.1, 0.15) is 6.92 Å². The number of halogens is 1. The van der Waals surface area contributed by atoms with Crippen molar-refractivity contribution >= 4 is 0 Å². The van der Waals surface area contributed by atoms with Crippen molar-refractivity contribution in [2.75, 3.05) is 0 Å². The van der Waals surface area contributed by atoms with Crippen molar-refractivity contribution in [3.63, 3.8) is 0 Å². The smallest absolute Gasteiger partial charge is 0.227 e. The zero-order valence-corrected chi connectivity index (χ0v) is 11.9. The zero-order chi connectivity index (χ0) is 13.1. The summed E-state index contributed by atoms with van der Waals surface area (Å²) in [7, 11) is 0. The monoisotopic (exact) mass is 286 g/mol. The third-order valence-corrected chi connectivity index (χ3v) is 3.07. The highest BCUT2D eigenvalue weighted by atomic mass is 35.5. The molecule has 102 valence electrons. The van der Waals surface area contributed by atoms with Gasteiger partial charge in [0.1, 0.15) is 6.54 Å². The Hall–Kier alpha value is -2.13. The Balaban J connectivity index is 0.00000147. The first-order valence-electron chi connectivity index (χ1n) is 6.37. The first-order chi connectivity index (χ1) is 9.36. The maximum absolute atomic E-state index is 5.81. The lowest BCUT2D eigenvalue weighted by atomic mass is 10.2. The molecule has 0 fully saturated rings. The summed E-state index contributed by atoms with van der Waals surface area (Å²) in [5.74, 6) is 1.45. The second kappa shape index (κ2) is 6.35. The summed E-state index contributed by atoms with van der Waals surface area (Å²) in [6.07, 6.45) is 5.83. The van der Waals surface area contributed by atoms with Crippen molar-refractivity contribution in [1.29, 1.82) is 0 Å². The van der Waals surface area contributed by atoms with E-state index >= 15 is 0 Å². The van der Waals surface area contributed by atoms with E-state index in [-0.39, 0.29) is 12.4 Å². The number of oxazole rings is 1. The lowest BCUT2D eigenvalue weighted by molar-refractivity contribution is -0.693. The minimum absolute atomic E-state index is 0. The fraction of sp³-hybridized carbons (Fsp3) is 0.125. The van der Waals surface area contributed by atoms with Gasteiger partial charge in [-0.25, -0.2) is 9.55 Å². The van der Waals surface area contributed by atoms with Gasteiger partial charge in [-0.3, -0.25) is 0 Å². The van der Waals surface area contributed by atoms with Crippen LogP contribution >= 0.6 is 0 Å². The van der Waals surface area contributed by atoms with Crippen molar-refractivity contribution in [3.8, 4) is 22.8 Å². The molecule has 3 rings (SSSR count). The van der Waals surface area contributed by atoms with Crippen LogP contribution < -0.4 is 17.0 Å². The second-order valence-electron chi connectivity index (χ2n) is 4.31. The molecular formula is C16H15ClN2O. The highest BCUT2D eigenvalue weighted by Crippen LogP contribution is 2.24. The average molecular weight is 287 g/mol.